The SMILES string of the molecule is Cc1cccc(Cn2cc(-c3ccccc3C)cn2)c1. The molecule has 0 N–H and O–H groups in total. The molecule has 2 aromatic carbocycles. The van der Waals surface area contributed by atoms with Gasteiger partial charge in [-0.25, -0.2) is 0 Å². The summed E-state index contributed by atoms with van der Waals surface area (Å²) in [4.78, 5) is 0. The van der Waals surface area contributed by atoms with Crippen molar-refractivity contribution in [3.05, 3.63) is 77.6 Å². The largest absolute Gasteiger partial charge is 0.268 e. The third-order valence-electron chi connectivity index (χ3n) is 3.52. The van der Waals surface area contributed by atoms with Crippen molar-refractivity contribution in [2.45, 2.75) is 20.4 Å². The maximum Gasteiger partial charge on any atom is 0.0659 e. The molecule has 0 aliphatic rings. The predicted octanol–water partition coefficient (Wildman–Crippen LogP) is 4.22. The van der Waals surface area contributed by atoms with Crippen LogP contribution in [-0.2, 0) is 6.54 Å². The van der Waals surface area contributed by atoms with Crippen LogP contribution in [0.25, 0.3) is 11.1 Å². The number of benzene rings is 2. The zero-order chi connectivity index (χ0) is 13.9. The number of aryl methyl sites for hydroxylation is 2. The molecule has 0 radical (unpaired) electrons. The van der Waals surface area contributed by atoms with Crippen LogP contribution >= 0.6 is 0 Å². The van der Waals surface area contributed by atoms with E-state index in [-0.39, 0.29) is 0 Å². The molecule has 0 aliphatic heterocycles. The lowest BCUT2D eigenvalue weighted by Crippen LogP contribution is -1.99. The summed E-state index contributed by atoms with van der Waals surface area (Å²) in [5.74, 6) is 0. The number of rotatable bonds is 3. The Morgan fingerprint density at radius 3 is 2.65 bits per heavy atom. The van der Waals surface area contributed by atoms with Crippen LogP contribution in [0.15, 0.2) is 60.9 Å². The number of hydrogen-bond donors (Lipinski definition) is 0. The van der Waals surface area contributed by atoms with E-state index in [0.29, 0.717) is 0 Å². The van der Waals surface area contributed by atoms with Gasteiger partial charge < -0.3 is 0 Å². The second-order valence-corrected chi connectivity index (χ2v) is 5.23. The van der Waals surface area contributed by atoms with Crippen molar-refractivity contribution >= 4 is 0 Å². The van der Waals surface area contributed by atoms with Gasteiger partial charge in [0, 0.05) is 11.8 Å². The number of aromatic nitrogens is 2. The van der Waals surface area contributed by atoms with Gasteiger partial charge in [-0.05, 0) is 30.5 Å². The topological polar surface area (TPSA) is 17.8 Å². The zero-order valence-corrected chi connectivity index (χ0v) is 11.9. The Hall–Kier alpha value is -2.35. The van der Waals surface area contributed by atoms with Gasteiger partial charge in [0.15, 0.2) is 0 Å². The molecule has 100 valence electrons. The summed E-state index contributed by atoms with van der Waals surface area (Å²) in [6.07, 6.45) is 4.06. The maximum atomic E-state index is 4.48. The second kappa shape index (κ2) is 5.33. The molecule has 0 saturated heterocycles. The minimum Gasteiger partial charge on any atom is -0.268 e. The first-order valence-electron chi connectivity index (χ1n) is 6.86. The molecule has 0 amide bonds. The third-order valence-corrected chi connectivity index (χ3v) is 3.52. The Labute approximate surface area is 119 Å². The summed E-state index contributed by atoms with van der Waals surface area (Å²) < 4.78 is 2.00. The summed E-state index contributed by atoms with van der Waals surface area (Å²) in [6, 6.07) is 17.0. The first-order valence-corrected chi connectivity index (χ1v) is 6.86. The third kappa shape index (κ3) is 2.64. The Balaban J connectivity index is 1.86. The maximum absolute atomic E-state index is 4.48. The molecule has 1 heterocycles. The lowest BCUT2D eigenvalue weighted by atomic mass is 10.0. The minimum atomic E-state index is 0.813. The van der Waals surface area contributed by atoms with Crippen LogP contribution in [0.3, 0.4) is 0 Å². The fourth-order valence-corrected chi connectivity index (χ4v) is 2.48. The minimum absolute atomic E-state index is 0.813. The molecule has 2 nitrogen and oxygen atoms in total. The predicted molar refractivity (Wildman–Crippen MR) is 82.7 cm³/mol. The van der Waals surface area contributed by atoms with E-state index in [1.165, 1.54) is 27.8 Å². The van der Waals surface area contributed by atoms with E-state index in [4.69, 9.17) is 0 Å². The second-order valence-electron chi connectivity index (χ2n) is 5.23. The van der Waals surface area contributed by atoms with Crippen molar-refractivity contribution in [1.29, 1.82) is 0 Å². The summed E-state index contributed by atoms with van der Waals surface area (Å²) >= 11 is 0. The van der Waals surface area contributed by atoms with Gasteiger partial charge in [0.2, 0.25) is 0 Å². The Bertz CT molecular complexity index is 726. The molecule has 0 aliphatic carbocycles. The van der Waals surface area contributed by atoms with Crippen molar-refractivity contribution in [2.75, 3.05) is 0 Å². The fourth-order valence-electron chi connectivity index (χ4n) is 2.48. The molecule has 3 rings (SSSR count). The average Bonchev–Trinajstić information content (AvgIpc) is 2.87. The number of nitrogens with zero attached hydrogens (tertiary/aromatic N) is 2. The first kappa shape index (κ1) is 12.7. The normalized spacial score (nSPS) is 10.7. The molecule has 0 bridgehead atoms. The lowest BCUT2D eigenvalue weighted by Gasteiger charge is -2.03. The van der Waals surface area contributed by atoms with Crippen LogP contribution in [0.5, 0.6) is 0 Å². The fraction of sp³-hybridized carbons (Fsp3) is 0.167. The van der Waals surface area contributed by atoms with Crippen LogP contribution in [0.2, 0.25) is 0 Å². The Morgan fingerprint density at radius 1 is 1.00 bits per heavy atom. The van der Waals surface area contributed by atoms with E-state index in [2.05, 4.69) is 73.7 Å². The van der Waals surface area contributed by atoms with Gasteiger partial charge in [-0.3, -0.25) is 4.68 Å². The molecule has 0 unspecified atom stereocenters. The van der Waals surface area contributed by atoms with Crippen LogP contribution in [0.4, 0.5) is 0 Å². The van der Waals surface area contributed by atoms with Crippen molar-refractivity contribution in [1.82, 2.24) is 9.78 Å². The van der Waals surface area contributed by atoms with E-state index >= 15 is 0 Å². The van der Waals surface area contributed by atoms with Gasteiger partial charge in [-0.1, -0.05) is 54.1 Å². The quantitative estimate of drug-likeness (QED) is 0.691. The molecular weight excluding hydrogens is 244 g/mol. The molecule has 0 saturated carbocycles. The number of hydrogen-bond acceptors (Lipinski definition) is 1. The highest BCUT2D eigenvalue weighted by atomic mass is 15.3. The van der Waals surface area contributed by atoms with Gasteiger partial charge in [-0.15, -0.1) is 0 Å². The molecule has 0 spiro atoms. The Morgan fingerprint density at radius 2 is 1.85 bits per heavy atom. The van der Waals surface area contributed by atoms with Crippen molar-refractivity contribution in [3.63, 3.8) is 0 Å². The highest BCUT2D eigenvalue weighted by Crippen LogP contribution is 2.22. The summed E-state index contributed by atoms with van der Waals surface area (Å²) in [5, 5.41) is 4.48. The lowest BCUT2D eigenvalue weighted by molar-refractivity contribution is 0.686. The molecule has 20 heavy (non-hydrogen) atoms. The highest BCUT2D eigenvalue weighted by Gasteiger charge is 2.04. The van der Waals surface area contributed by atoms with Crippen molar-refractivity contribution < 1.29 is 0 Å². The molecule has 3 aromatic rings. The average molecular weight is 262 g/mol. The molecule has 0 fully saturated rings. The van der Waals surface area contributed by atoms with Crippen molar-refractivity contribution in [2.24, 2.45) is 0 Å². The van der Waals surface area contributed by atoms with Crippen molar-refractivity contribution in [3.8, 4) is 11.1 Å². The summed E-state index contributed by atoms with van der Waals surface area (Å²) in [7, 11) is 0. The van der Waals surface area contributed by atoms with E-state index < -0.39 is 0 Å². The van der Waals surface area contributed by atoms with Gasteiger partial charge >= 0.3 is 0 Å². The van der Waals surface area contributed by atoms with E-state index in [1.54, 1.807) is 0 Å². The van der Waals surface area contributed by atoms with Gasteiger partial charge in [0.25, 0.3) is 0 Å². The smallest absolute Gasteiger partial charge is 0.0659 e. The van der Waals surface area contributed by atoms with Gasteiger partial charge in [0.05, 0.1) is 12.7 Å². The molecule has 0 atom stereocenters. The van der Waals surface area contributed by atoms with Gasteiger partial charge in [0.1, 0.15) is 0 Å². The monoisotopic (exact) mass is 262 g/mol. The van der Waals surface area contributed by atoms with Crippen LogP contribution in [-0.4, -0.2) is 9.78 Å². The molecular formula is C18H18N2. The van der Waals surface area contributed by atoms with Crippen LogP contribution in [0.1, 0.15) is 16.7 Å². The van der Waals surface area contributed by atoms with E-state index in [1.807, 2.05) is 10.9 Å². The molecule has 2 heteroatoms. The summed E-state index contributed by atoms with van der Waals surface area (Å²) in [5.41, 5.74) is 6.28. The van der Waals surface area contributed by atoms with E-state index in [0.717, 1.165) is 6.54 Å². The Kier molecular flexibility index (Phi) is 3.38. The zero-order valence-electron chi connectivity index (χ0n) is 11.9. The van der Waals surface area contributed by atoms with Crippen LogP contribution in [0, 0.1) is 13.8 Å². The first-order chi connectivity index (χ1) is 9.72. The molecule has 1 aromatic heterocycles. The highest BCUT2D eigenvalue weighted by molar-refractivity contribution is 5.65. The standard InChI is InChI=1S/C18H18N2/c1-14-6-5-8-16(10-14)12-20-13-17(11-19-20)18-9-4-3-7-15(18)2/h3-11,13H,12H2,1-2H3. The summed E-state index contributed by atoms with van der Waals surface area (Å²) in [6.45, 7) is 5.06. The van der Waals surface area contributed by atoms with Gasteiger partial charge in [-0.2, -0.15) is 5.10 Å². The van der Waals surface area contributed by atoms with Crippen LogP contribution < -0.4 is 0 Å². The van der Waals surface area contributed by atoms with E-state index in [9.17, 15) is 0 Å².